The second kappa shape index (κ2) is 4.29. The zero-order valence-corrected chi connectivity index (χ0v) is 10.9. The van der Waals surface area contributed by atoms with Gasteiger partial charge in [-0.15, -0.1) is 0 Å². The third-order valence-corrected chi connectivity index (χ3v) is 3.57. The van der Waals surface area contributed by atoms with Crippen molar-refractivity contribution in [1.29, 1.82) is 0 Å². The molecule has 3 atom stereocenters. The molecule has 0 aliphatic carbocycles. The SMILES string of the molecule is CS(=O)(=O)O[C@@H]1C[C@H]2OC1COc1nc(=O)ccn12. The predicted octanol–water partition coefficient (Wildman–Crippen LogP) is -0.732. The summed E-state index contributed by atoms with van der Waals surface area (Å²) in [4.78, 5) is 14.9. The van der Waals surface area contributed by atoms with Crippen LogP contribution in [0.15, 0.2) is 17.1 Å². The smallest absolute Gasteiger partial charge is 0.301 e. The molecule has 0 radical (unpaired) electrons. The van der Waals surface area contributed by atoms with Crippen molar-refractivity contribution >= 4 is 10.1 Å². The summed E-state index contributed by atoms with van der Waals surface area (Å²) in [5.41, 5.74) is -0.395. The van der Waals surface area contributed by atoms with Crippen molar-refractivity contribution in [3.05, 3.63) is 22.6 Å². The quantitative estimate of drug-likeness (QED) is 0.662. The molecule has 1 aromatic heterocycles. The van der Waals surface area contributed by atoms with Crippen molar-refractivity contribution in [1.82, 2.24) is 9.55 Å². The fourth-order valence-corrected chi connectivity index (χ4v) is 2.88. The summed E-state index contributed by atoms with van der Waals surface area (Å²) >= 11 is 0. The van der Waals surface area contributed by atoms with Crippen LogP contribution in [0.4, 0.5) is 0 Å². The molecule has 0 spiro atoms. The Hall–Kier alpha value is -1.45. The van der Waals surface area contributed by atoms with E-state index in [1.54, 1.807) is 4.57 Å². The number of ether oxygens (including phenoxy) is 2. The molecule has 0 saturated carbocycles. The maximum Gasteiger partial charge on any atom is 0.301 e. The number of hydrogen-bond acceptors (Lipinski definition) is 7. The maximum atomic E-state index is 11.2. The molecule has 1 fully saturated rings. The lowest BCUT2D eigenvalue weighted by Gasteiger charge is -2.18. The second-order valence-corrected chi connectivity index (χ2v) is 6.07. The lowest BCUT2D eigenvalue weighted by Crippen LogP contribution is -2.32. The van der Waals surface area contributed by atoms with Gasteiger partial charge in [0.15, 0.2) is 0 Å². The highest BCUT2D eigenvalue weighted by atomic mass is 32.2. The van der Waals surface area contributed by atoms with Crippen LogP contribution in [0.5, 0.6) is 6.01 Å². The highest BCUT2D eigenvalue weighted by Crippen LogP contribution is 2.35. The molecule has 9 heteroatoms. The highest BCUT2D eigenvalue weighted by Gasteiger charge is 2.42. The third kappa shape index (κ3) is 2.48. The molecule has 2 aliphatic rings. The summed E-state index contributed by atoms with van der Waals surface area (Å²) in [5, 5.41) is 0. The largest absolute Gasteiger partial charge is 0.462 e. The zero-order valence-electron chi connectivity index (χ0n) is 10.1. The standard InChI is InChI=1S/C10H12N2O6S/c1-19(14,15)18-6-4-9-12-3-2-8(13)11-10(12)16-5-7(6)17-9/h2-3,6-7,9H,4-5H2,1H3/t6-,7?,9-/m1/s1. The lowest BCUT2D eigenvalue weighted by atomic mass is 10.2. The van der Waals surface area contributed by atoms with Gasteiger partial charge in [0.1, 0.15) is 25.0 Å². The first kappa shape index (κ1) is 12.6. The van der Waals surface area contributed by atoms with Gasteiger partial charge in [-0.05, 0) is 0 Å². The Morgan fingerprint density at radius 3 is 3.05 bits per heavy atom. The molecule has 2 bridgehead atoms. The molecule has 1 saturated heterocycles. The van der Waals surface area contributed by atoms with Crippen LogP contribution < -0.4 is 10.3 Å². The molecule has 104 valence electrons. The van der Waals surface area contributed by atoms with Crippen LogP contribution in [0.25, 0.3) is 0 Å². The van der Waals surface area contributed by atoms with Crippen molar-refractivity contribution in [2.24, 2.45) is 0 Å². The molecule has 19 heavy (non-hydrogen) atoms. The molecular formula is C10H12N2O6S. The maximum absolute atomic E-state index is 11.2. The van der Waals surface area contributed by atoms with Gasteiger partial charge in [0, 0.05) is 18.7 Å². The van der Waals surface area contributed by atoms with Crippen LogP contribution in [0.1, 0.15) is 12.6 Å². The molecule has 0 amide bonds. The van der Waals surface area contributed by atoms with Crippen molar-refractivity contribution in [2.75, 3.05) is 12.9 Å². The van der Waals surface area contributed by atoms with E-state index in [4.69, 9.17) is 13.7 Å². The summed E-state index contributed by atoms with van der Waals surface area (Å²) in [5.74, 6) is 0. The van der Waals surface area contributed by atoms with Crippen LogP contribution in [0, 0.1) is 0 Å². The average Bonchev–Trinajstić information content (AvgIpc) is 2.56. The van der Waals surface area contributed by atoms with E-state index in [1.165, 1.54) is 12.3 Å². The Morgan fingerprint density at radius 2 is 2.32 bits per heavy atom. The molecule has 1 aromatic rings. The molecule has 2 aliphatic heterocycles. The highest BCUT2D eigenvalue weighted by molar-refractivity contribution is 7.86. The van der Waals surface area contributed by atoms with E-state index in [-0.39, 0.29) is 12.6 Å². The summed E-state index contributed by atoms with van der Waals surface area (Å²) in [6.45, 7) is 0.0904. The van der Waals surface area contributed by atoms with Crippen LogP contribution in [-0.2, 0) is 19.0 Å². The number of hydrogen-bond donors (Lipinski definition) is 0. The fourth-order valence-electron chi connectivity index (χ4n) is 2.23. The third-order valence-electron chi connectivity index (χ3n) is 2.97. The van der Waals surface area contributed by atoms with Crippen molar-refractivity contribution in [2.45, 2.75) is 24.9 Å². The van der Waals surface area contributed by atoms with E-state index < -0.39 is 34.1 Å². The molecule has 8 nitrogen and oxygen atoms in total. The van der Waals surface area contributed by atoms with Gasteiger partial charge in [0.05, 0.1) is 6.26 Å². The van der Waals surface area contributed by atoms with Crippen molar-refractivity contribution < 1.29 is 22.1 Å². The van der Waals surface area contributed by atoms with Gasteiger partial charge >= 0.3 is 6.01 Å². The molecular weight excluding hydrogens is 276 g/mol. The Bertz CT molecular complexity index is 654. The summed E-state index contributed by atoms with van der Waals surface area (Å²) < 4.78 is 39.9. The zero-order chi connectivity index (χ0) is 13.6. The van der Waals surface area contributed by atoms with Gasteiger partial charge in [-0.1, -0.05) is 0 Å². The lowest BCUT2D eigenvalue weighted by molar-refractivity contribution is -0.0147. The summed E-state index contributed by atoms with van der Waals surface area (Å²) in [6, 6.07) is 1.47. The number of rotatable bonds is 2. The van der Waals surface area contributed by atoms with E-state index in [9.17, 15) is 13.2 Å². The minimum absolute atomic E-state index is 0.0904. The minimum Gasteiger partial charge on any atom is -0.462 e. The summed E-state index contributed by atoms with van der Waals surface area (Å²) in [6.07, 6.45) is 1.33. The molecule has 0 N–H and O–H groups in total. The van der Waals surface area contributed by atoms with E-state index in [1.807, 2.05) is 0 Å². The van der Waals surface area contributed by atoms with Crippen molar-refractivity contribution in [3.63, 3.8) is 0 Å². The second-order valence-electron chi connectivity index (χ2n) is 4.47. The van der Waals surface area contributed by atoms with Gasteiger partial charge in [-0.25, -0.2) is 0 Å². The van der Waals surface area contributed by atoms with Gasteiger partial charge in [-0.3, -0.25) is 13.5 Å². The normalized spacial score (nSPS) is 29.4. The Kier molecular flexibility index (Phi) is 2.84. The van der Waals surface area contributed by atoms with E-state index in [0.717, 1.165) is 6.26 Å². The molecule has 3 heterocycles. The van der Waals surface area contributed by atoms with Crippen LogP contribution in [-0.4, -0.2) is 43.0 Å². The topological polar surface area (TPSA) is 96.7 Å². The fraction of sp³-hybridized carbons (Fsp3) is 0.600. The number of aromatic nitrogens is 2. The van der Waals surface area contributed by atoms with E-state index in [2.05, 4.69) is 4.98 Å². The monoisotopic (exact) mass is 288 g/mol. The van der Waals surface area contributed by atoms with Gasteiger partial charge in [-0.2, -0.15) is 13.4 Å². The van der Waals surface area contributed by atoms with Gasteiger partial charge in [0.25, 0.3) is 15.7 Å². The molecule has 3 rings (SSSR count). The Balaban J connectivity index is 1.90. The first-order chi connectivity index (χ1) is 8.92. The number of nitrogens with zero attached hydrogens (tertiary/aromatic N) is 2. The summed E-state index contributed by atoms with van der Waals surface area (Å²) in [7, 11) is -3.55. The van der Waals surface area contributed by atoms with E-state index in [0.29, 0.717) is 6.42 Å². The van der Waals surface area contributed by atoms with E-state index >= 15 is 0 Å². The van der Waals surface area contributed by atoms with Crippen LogP contribution in [0.2, 0.25) is 0 Å². The first-order valence-electron chi connectivity index (χ1n) is 5.68. The van der Waals surface area contributed by atoms with Gasteiger partial charge in [0.2, 0.25) is 0 Å². The average molecular weight is 288 g/mol. The van der Waals surface area contributed by atoms with Crippen molar-refractivity contribution in [3.8, 4) is 6.01 Å². The molecule has 1 unspecified atom stereocenters. The first-order valence-corrected chi connectivity index (χ1v) is 7.50. The Labute approximate surface area is 109 Å². The predicted molar refractivity (Wildman–Crippen MR) is 62.2 cm³/mol. The number of fused-ring (bicyclic) bond motifs is 4. The minimum atomic E-state index is -3.55. The van der Waals surface area contributed by atoms with Gasteiger partial charge < -0.3 is 9.47 Å². The molecule has 0 aromatic carbocycles. The Morgan fingerprint density at radius 1 is 1.53 bits per heavy atom. The van der Waals surface area contributed by atoms with Crippen LogP contribution >= 0.6 is 0 Å². The van der Waals surface area contributed by atoms with Crippen LogP contribution in [0.3, 0.4) is 0 Å².